The fraction of sp³-hybridized carbons (Fsp3) is 0.235. The third-order valence-corrected chi connectivity index (χ3v) is 3.81. The van der Waals surface area contributed by atoms with Gasteiger partial charge in [0.15, 0.2) is 0 Å². The maximum absolute atomic E-state index is 9.24. The van der Waals surface area contributed by atoms with E-state index in [1.54, 1.807) is 0 Å². The molecule has 0 spiro atoms. The van der Waals surface area contributed by atoms with Crippen molar-refractivity contribution in [1.29, 1.82) is 5.26 Å². The molecule has 0 aliphatic rings. The molecule has 2 aromatic carbocycles. The van der Waals surface area contributed by atoms with Gasteiger partial charge in [-0.15, -0.1) is 0 Å². The molecule has 1 N–H and O–H groups in total. The van der Waals surface area contributed by atoms with E-state index < -0.39 is 0 Å². The van der Waals surface area contributed by atoms with Gasteiger partial charge in [0.05, 0.1) is 17.4 Å². The molecule has 0 aliphatic heterocycles. The Morgan fingerprint density at radius 1 is 1.29 bits per heavy atom. The van der Waals surface area contributed by atoms with Crippen LogP contribution < -0.4 is 10.1 Å². The zero-order valence-electron chi connectivity index (χ0n) is 12.1. The van der Waals surface area contributed by atoms with Crippen LogP contribution in [0.15, 0.2) is 46.9 Å². The molecule has 0 heterocycles. The van der Waals surface area contributed by atoms with Crippen molar-refractivity contribution >= 4 is 27.3 Å². The van der Waals surface area contributed by atoms with E-state index in [-0.39, 0.29) is 6.10 Å². The summed E-state index contributed by atoms with van der Waals surface area (Å²) in [7, 11) is 0. The van der Waals surface area contributed by atoms with Crippen LogP contribution in [0, 0.1) is 11.3 Å². The first-order chi connectivity index (χ1) is 10.1. The van der Waals surface area contributed by atoms with Crippen molar-refractivity contribution in [3.8, 4) is 11.8 Å². The van der Waals surface area contributed by atoms with Crippen molar-refractivity contribution < 1.29 is 4.74 Å². The number of benzene rings is 2. The summed E-state index contributed by atoms with van der Waals surface area (Å²) in [6, 6.07) is 15.6. The average Bonchev–Trinajstić information content (AvgIpc) is 2.48. The molecule has 0 bridgehead atoms. The smallest absolute Gasteiger partial charge is 0.121 e. The van der Waals surface area contributed by atoms with Crippen LogP contribution >= 0.6 is 15.9 Å². The summed E-state index contributed by atoms with van der Waals surface area (Å²) in [6.07, 6.45) is 1.14. The molecular formula is C17H17BrN2O. The van der Waals surface area contributed by atoms with Crippen molar-refractivity contribution in [2.75, 3.05) is 5.32 Å². The number of hydrogen-bond donors (Lipinski definition) is 1. The highest BCUT2D eigenvalue weighted by Gasteiger charge is 2.07. The summed E-state index contributed by atoms with van der Waals surface area (Å²) in [5.74, 6) is 0.822. The fourth-order valence-corrected chi connectivity index (χ4v) is 2.32. The molecule has 4 heteroatoms. The number of nitrogens with one attached hydrogen (secondary N) is 1. The van der Waals surface area contributed by atoms with Gasteiger partial charge in [-0.05, 0) is 53.5 Å². The van der Waals surface area contributed by atoms with Crippen LogP contribution in [-0.4, -0.2) is 6.10 Å². The molecule has 21 heavy (non-hydrogen) atoms. The summed E-state index contributed by atoms with van der Waals surface area (Å²) in [4.78, 5) is 0. The van der Waals surface area contributed by atoms with E-state index in [2.05, 4.69) is 34.2 Å². The molecule has 0 aromatic heterocycles. The number of hydrogen-bond acceptors (Lipinski definition) is 3. The summed E-state index contributed by atoms with van der Waals surface area (Å²) in [5, 5.41) is 12.5. The lowest BCUT2D eigenvalue weighted by atomic mass is 10.2. The maximum Gasteiger partial charge on any atom is 0.121 e. The Labute approximate surface area is 133 Å². The molecule has 0 radical (unpaired) electrons. The molecule has 0 saturated heterocycles. The Hall–Kier alpha value is -1.99. The van der Waals surface area contributed by atoms with Crippen molar-refractivity contribution in [3.05, 3.63) is 52.5 Å². The van der Waals surface area contributed by atoms with Crippen LogP contribution in [0.1, 0.15) is 25.8 Å². The predicted octanol–water partition coefficient (Wildman–Crippen LogP) is 5.24. The van der Waals surface area contributed by atoms with E-state index in [0.717, 1.165) is 28.0 Å². The van der Waals surface area contributed by atoms with E-state index in [1.165, 1.54) is 0 Å². The highest BCUT2D eigenvalue weighted by atomic mass is 79.9. The Morgan fingerprint density at radius 3 is 2.76 bits per heavy atom. The number of nitrogens with zero attached hydrogens (tertiary/aromatic N) is 1. The van der Waals surface area contributed by atoms with Crippen molar-refractivity contribution in [1.82, 2.24) is 0 Å². The highest BCUT2D eigenvalue weighted by molar-refractivity contribution is 9.10. The molecule has 1 atom stereocenters. The van der Waals surface area contributed by atoms with Crippen LogP contribution in [0.25, 0.3) is 0 Å². The third-order valence-electron chi connectivity index (χ3n) is 3.15. The van der Waals surface area contributed by atoms with Crippen molar-refractivity contribution in [3.63, 3.8) is 0 Å². The SMILES string of the molecule is CCC(C)Oc1cccc(Nc2cccc(Br)c2C#N)c1. The lowest BCUT2D eigenvalue weighted by Gasteiger charge is -2.14. The fourth-order valence-electron chi connectivity index (χ4n) is 1.86. The summed E-state index contributed by atoms with van der Waals surface area (Å²) in [6.45, 7) is 4.13. The molecule has 0 amide bonds. The molecule has 0 fully saturated rings. The first kappa shape index (κ1) is 15.4. The number of rotatable bonds is 5. The minimum Gasteiger partial charge on any atom is -0.491 e. The average molecular weight is 345 g/mol. The first-order valence-electron chi connectivity index (χ1n) is 6.86. The van der Waals surface area contributed by atoms with E-state index in [4.69, 9.17) is 4.74 Å². The van der Waals surface area contributed by atoms with Gasteiger partial charge in [-0.1, -0.05) is 19.1 Å². The minimum atomic E-state index is 0.181. The Bertz CT molecular complexity index is 664. The Morgan fingerprint density at radius 2 is 2.05 bits per heavy atom. The second-order valence-corrected chi connectivity index (χ2v) is 5.62. The van der Waals surface area contributed by atoms with E-state index in [0.29, 0.717) is 5.56 Å². The van der Waals surface area contributed by atoms with E-state index in [9.17, 15) is 5.26 Å². The second kappa shape index (κ2) is 7.14. The van der Waals surface area contributed by atoms with Gasteiger partial charge in [-0.3, -0.25) is 0 Å². The Kier molecular flexibility index (Phi) is 5.24. The number of ether oxygens (including phenoxy) is 1. The van der Waals surface area contributed by atoms with E-state index >= 15 is 0 Å². The second-order valence-electron chi connectivity index (χ2n) is 4.76. The van der Waals surface area contributed by atoms with Crippen molar-refractivity contribution in [2.45, 2.75) is 26.4 Å². The van der Waals surface area contributed by atoms with Crippen LogP contribution in [0.5, 0.6) is 5.75 Å². The molecule has 0 aliphatic carbocycles. The quantitative estimate of drug-likeness (QED) is 0.806. The van der Waals surface area contributed by atoms with Gasteiger partial charge in [0.25, 0.3) is 0 Å². The molecule has 0 saturated carbocycles. The molecular weight excluding hydrogens is 328 g/mol. The predicted molar refractivity (Wildman–Crippen MR) is 89.0 cm³/mol. The normalized spacial score (nSPS) is 11.5. The van der Waals surface area contributed by atoms with Gasteiger partial charge < -0.3 is 10.1 Å². The van der Waals surface area contributed by atoms with Gasteiger partial charge in [0, 0.05) is 16.2 Å². The number of halogens is 1. The van der Waals surface area contributed by atoms with Crippen LogP contribution in [0.3, 0.4) is 0 Å². The largest absolute Gasteiger partial charge is 0.491 e. The molecule has 2 aromatic rings. The van der Waals surface area contributed by atoms with Crippen LogP contribution in [-0.2, 0) is 0 Å². The van der Waals surface area contributed by atoms with Crippen LogP contribution in [0.4, 0.5) is 11.4 Å². The maximum atomic E-state index is 9.24. The molecule has 3 nitrogen and oxygen atoms in total. The first-order valence-corrected chi connectivity index (χ1v) is 7.65. The van der Waals surface area contributed by atoms with Crippen LogP contribution in [0.2, 0.25) is 0 Å². The lowest BCUT2D eigenvalue weighted by Crippen LogP contribution is -2.09. The van der Waals surface area contributed by atoms with Crippen molar-refractivity contribution in [2.24, 2.45) is 0 Å². The summed E-state index contributed by atoms with van der Waals surface area (Å²) >= 11 is 3.39. The van der Waals surface area contributed by atoms with Gasteiger partial charge in [0.2, 0.25) is 0 Å². The zero-order chi connectivity index (χ0) is 15.2. The van der Waals surface area contributed by atoms with Gasteiger partial charge >= 0.3 is 0 Å². The molecule has 108 valence electrons. The standard InChI is InChI=1S/C17H17BrN2O/c1-3-12(2)21-14-7-4-6-13(10-14)20-17-9-5-8-16(18)15(17)11-19/h4-10,12,20H,3H2,1-2H3. The number of anilines is 2. The monoisotopic (exact) mass is 344 g/mol. The number of nitriles is 1. The highest BCUT2D eigenvalue weighted by Crippen LogP contribution is 2.28. The molecule has 2 rings (SSSR count). The van der Waals surface area contributed by atoms with Gasteiger partial charge in [0.1, 0.15) is 11.8 Å². The van der Waals surface area contributed by atoms with Gasteiger partial charge in [-0.2, -0.15) is 5.26 Å². The topological polar surface area (TPSA) is 45.0 Å². The zero-order valence-corrected chi connectivity index (χ0v) is 13.6. The summed E-state index contributed by atoms with van der Waals surface area (Å²) < 4.78 is 6.59. The Balaban J connectivity index is 2.23. The van der Waals surface area contributed by atoms with Gasteiger partial charge in [-0.25, -0.2) is 0 Å². The van der Waals surface area contributed by atoms with E-state index in [1.807, 2.05) is 49.4 Å². The molecule has 1 unspecified atom stereocenters. The lowest BCUT2D eigenvalue weighted by molar-refractivity contribution is 0.217. The minimum absolute atomic E-state index is 0.181. The summed E-state index contributed by atoms with van der Waals surface area (Å²) in [5.41, 5.74) is 2.25. The third kappa shape index (κ3) is 3.99.